The van der Waals surface area contributed by atoms with Crippen LogP contribution >= 0.6 is 23.1 Å². The molecule has 208 valence electrons. The number of thioether (sulfide) groups is 1. The van der Waals surface area contributed by atoms with Crippen LogP contribution < -0.4 is 11.0 Å². The minimum Gasteiger partial charge on any atom is -0.272 e. The summed E-state index contributed by atoms with van der Waals surface area (Å²) in [5.74, 6) is -0.196. The number of nitrogens with one attached hydrogen (secondary N) is 1. The van der Waals surface area contributed by atoms with Crippen molar-refractivity contribution in [2.45, 2.75) is 37.8 Å². The zero-order valence-corrected chi connectivity index (χ0v) is 24.7. The average Bonchev–Trinajstić information content (AvgIpc) is 3.39. The van der Waals surface area contributed by atoms with Crippen LogP contribution in [0, 0.1) is 6.92 Å². The summed E-state index contributed by atoms with van der Waals surface area (Å²) in [5, 5.41) is 9.95. The highest BCUT2D eigenvalue weighted by molar-refractivity contribution is 7.99. The number of aryl methyl sites for hydroxylation is 3. The van der Waals surface area contributed by atoms with E-state index in [1.807, 2.05) is 55.5 Å². The van der Waals surface area contributed by atoms with Gasteiger partial charge in [-0.15, -0.1) is 11.3 Å². The number of carbonyl (C=O) groups is 1. The van der Waals surface area contributed by atoms with Crippen molar-refractivity contribution >= 4 is 67.0 Å². The van der Waals surface area contributed by atoms with E-state index in [0.29, 0.717) is 5.16 Å². The third kappa shape index (κ3) is 4.91. The van der Waals surface area contributed by atoms with E-state index in [4.69, 9.17) is 4.98 Å². The summed E-state index contributed by atoms with van der Waals surface area (Å²) < 4.78 is 1.66. The van der Waals surface area contributed by atoms with Gasteiger partial charge in [0.2, 0.25) is 0 Å². The fourth-order valence-electron chi connectivity index (χ4n) is 5.72. The summed E-state index contributed by atoms with van der Waals surface area (Å²) in [6.07, 6.45) is 5.86. The number of fused-ring (bicyclic) bond motifs is 5. The first-order valence-electron chi connectivity index (χ1n) is 14.1. The van der Waals surface area contributed by atoms with Gasteiger partial charge in [-0.1, -0.05) is 78.0 Å². The first kappa shape index (κ1) is 26.6. The first-order valence-corrected chi connectivity index (χ1v) is 15.9. The molecule has 2 aromatic heterocycles. The van der Waals surface area contributed by atoms with Crippen LogP contribution in [0.15, 0.2) is 93.9 Å². The van der Waals surface area contributed by atoms with Gasteiger partial charge in [0, 0.05) is 10.4 Å². The summed E-state index contributed by atoms with van der Waals surface area (Å²) in [6.45, 7) is 2.02. The number of hydrazone groups is 1. The molecule has 1 N–H and O–H groups in total. The predicted molar refractivity (Wildman–Crippen MR) is 175 cm³/mol. The number of rotatable bonds is 6. The van der Waals surface area contributed by atoms with Crippen molar-refractivity contribution in [1.82, 2.24) is 15.0 Å². The maximum absolute atomic E-state index is 13.9. The molecule has 1 aliphatic carbocycles. The lowest BCUT2D eigenvalue weighted by molar-refractivity contribution is -0.118. The van der Waals surface area contributed by atoms with E-state index in [1.54, 1.807) is 22.1 Å². The second-order valence-corrected chi connectivity index (χ2v) is 12.6. The second kappa shape index (κ2) is 11.2. The molecule has 8 heteroatoms. The summed E-state index contributed by atoms with van der Waals surface area (Å²) in [5.41, 5.74) is 6.60. The zero-order chi connectivity index (χ0) is 28.6. The Bertz CT molecular complexity index is 2020. The lowest BCUT2D eigenvalue weighted by Gasteiger charge is -2.13. The van der Waals surface area contributed by atoms with Crippen LogP contribution in [0.5, 0.6) is 0 Å². The SMILES string of the molecule is Cc1ccc(-n2c(SCC(=O)N/N=C\c3c4ccccc4cc4ccccc34)nc3sc4c(c3c2=O)CCCC4)cc1. The van der Waals surface area contributed by atoms with Gasteiger partial charge in [-0.3, -0.25) is 14.2 Å². The number of hydrogen-bond donors (Lipinski definition) is 1. The Labute approximate surface area is 251 Å². The number of carbonyl (C=O) groups excluding carboxylic acids is 1. The standard InChI is InChI=1S/C34H28N4O2S2/c1-21-14-16-24(17-15-21)38-33(40)31-27-12-6-7-13-29(27)42-32(31)36-34(38)41-20-30(39)37-35-19-28-25-10-4-2-8-22(25)18-23-9-3-5-11-26(23)28/h2-5,8-11,14-19H,6-7,12-13,20H2,1H3,(H,37,39)/b35-19-. The van der Waals surface area contributed by atoms with Gasteiger partial charge in [-0.2, -0.15) is 5.10 Å². The molecule has 0 unspecified atom stereocenters. The number of amides is 1. The molecule has 2 heterocycles. The normalized spacial score (nSPS) is 13.3. The number of hydrogen-bond acceptors (Lipinski definition) is 6. The van der Waals surface area contributed by atoms with Gasteiger partial charge in [0.15, 0.2) is 5.16 Å². The third-order valence-corrected chi connectivity index (χ3v) is 9.90. The van der Waals surface area contributed by atoms with E-state index in [2.05, 4.69) is 40.9 Å². The number of nitrogens with zero attached hydrogens (tertiary/aromatic N) is 3. The minimum atomic E-state index is -0.268. The highest BCUT2D eigenvalue weighted by Crippen LogP contribution is 2.35. The van der Waals surface area contributed by atoms with Crippen molar-refractivity contribution in [2.24, 2.45) is 5.10 Å². The second-order valence-electron chi connectivity index (χ2n) is 10.6. The quantitative estimate of drug-likeness (QED) is 0.0735. The number of aromatic nitrogens is 2. The molecular formula is C34H28N4O2S2. The van der Waals surface area contributed by atoms with E-state index >= 15 is 0 Å². The van der Waals surface area contributed by atoms with E-state index < -0.39 is 0 Å². The Morgan fingerprint density at radius 1 is 1.00 bits per heavy atom. The maximum atomic E-state index is 13.9. The molecule has 0 bridgehead atoms. The molecule has 1 aliphatic rings. The Morgan fingerprint density at radius 2 is 1.69 bits per heavy atom. The molecule has 0 spiro atoms. The highest BCUT2D eigenvalue weighted by Gasteiger charge is 2.23. The molecular weight excluding hydrogens is 561 g/mol. The molecule has 0 aliphatic heterocycles. The predicted octanol–water partition coefficient (Wildman–Crippen LogP) is 7.18. The summed E-state index contributed by atoms with van der Waals surface area (Å²) in [4.78, 5) is 33.9. The minimum absolute atomic E-state index is 0.0629. The molecule has 7 rings (SSSR count). The molecule has 0 radical (unpaired) electrons. The van der Waals surface area contributed by atoms with Crippen LogP contribution in [0.25, 0.3) is 37.4 Å². The largest absolute Gasteiger partial charge is 0.272 e. The van der Waals surface area contributed by atoms with E-state index in [1.165, 1.54) is 16.6 Å². The summed E-state index contributed by atoms with van der Waals surface area (Å²) in [7, 11) is 0. The van der Waals surface area contributed by atoms with Gasteiger partial charge in [-0.25, -0.2) is 10.4 Å². The van der Waals surface area contributed by atoms with Crippen molar-refractivity contribution in [2.75, 3.05) is 5.75 Å². The third-order valence-electron chi connectivity index (χ3n) is 7.78. The Kier molecular flexibility index (Phi) is 7.09. The van der Waals surface area contributed by atoms with Crippen molar-refractivity contribution < 1.29 is 4.79 Å². The van der Waals surface area contributed by atoms with Crippen LogP contribution in [0.2, 0.25) is 0 Å². The summed E-state index contributed by atoms with van der Waals surface area (Å²) >= 11 is 2.87. The fourth-order valence-corrected chi connectivity index (χ4v) is 7.83. The van der Waals surface area contributed by atoms with Crippen molar-refractivity contribution in [1.29, 1.82) is 0 Å². The monoisotopic (exact) mass is 588 g/mol. The lowest BCUT2D eigenvalue weighted by Crippen LogP contribution is -2.24. The number of benzene rings is 4. The van der Waals surface area contributed by atoms with Crippen LogP contribution in [-0.4, -0.2) is 27.4 Å². The topological polar surface area (TPSA) is 76.3 Å². The molecule has 0 atom stereocenters. The van der Waals surface area contributed by atoms with E-state index in [9.17, 15) is 9.59 Å². The van der Waals surface area contributed by atoms with E-state index in [-0.39, 0.29) is 17.2 Å². The molecule has 6 aromatic rings. The van der Waals surface area contributed by atoms with Crippen LogP contribution in [-0.2, 0) is 17.6 Å². The summed E-state index contributed by atoms with van der Waals surface area (Å²) in [6, 6.07) is 26.3. The molecule has 0 saturated heterocycles. The van der Waals surface area contributed by atoms with Crippen molar-refractivity contribution in [3.63, 3.8) is 0 Å². The Balaban J connectivity index is 1.18. The van der Waals surface area contributed by atoms with Crippen LogP contribution in [0.1, 0.15) is 34.4 Å². The van der Waals surface area contributed by atoms with Crippen molar-refractivity contribution in [3.8, 4) is 5.69 Å². The van der Waals surface area contributed by atoms with Gasteiger partial charge in [-0.05, 0) is 77.9 Å². The first-order chi connectivity index (χ1) is 20.6. The molecule has 4 aromatic carbocycles. The maximum Gasteiger partial charge on any atom is 0.267 e. The Morgan fingerprint density at radius 3 is 2.43 bits per heavy atom. The molecule has 1 amide bonds. The molecule has 0 saturated carbocycles. The fraction of sp³-hybridized carbons (Fsp3) is 0.176. The average molecular weight is 589 g/mol. The van der Waals surface area contributed by atoms with Crippen molar-refractivity contribution in [3.05, 3.63) is 111 Å². The lowest BCUT2D eigenvalue weighted by atomic mass is 9.97. The van der Waals surface area contributed by atoms with Crippen LogP contribution in [0.3, 0.4) is 0 Å². The van der Waals surface area contributed by atoms with Gasteiger partial charge in [0.1, 0.15) is 4.83 Å². The molecule has 42 heavy (non-hydrogen) atoms. The highest BCUT2D eigenvalue weighted by atomic mass is 32.2. The van der Waals surface area contributed by atoms with Gasteiger partial charge >= 0.3 is 0 Å². The van der Waals surface area contributed by atoms with Gasteiger partial charge in [0.05, 0.1) is 23.0 Å². The van der Waals surface area contributed by atoms with Gasteiger partial charge < -0.3 is 0 Å². The molecule has 0 fully saturated rings. The number of thiophene rings is 1. The molecule has 6 nitrogen and oxygen atoms in total. The van der Waals surface area contributed by atoms with Gasteiger partial charge in [0.25, 0.3) is 11.5 Å². The van der Waals surface area contributed by atoms with Crippen LogP contribution in [0.4, 0.5) is 0 Å². The van der Waals surface area contributed by atoms with E-state index in [0.717, 1.165) is 79.8 Å². The zero-order valence-electron chi connectivity index (χ0n) is 23.1. The smallest absolute Gasteiger partial charge is 0.267 e. The Hall–Kier alpha value is -4.27.